The van der Waals surface area contributed by atoms with Crippen molar-refractivity contribution in [3.8, 4) is 0 Å². The van der Waals surface area contributed by atoms with Crippen molar-refractivity contribution >= 4 is 45.6 Å². The van der Waals surface area contributed by atoms with Gasteiger partial charge in [0.15, 0.2) is 0 Å². The maximum atomic E-state index is 13.0. The van der Waals surface area contributed by atoms with Crippen LogP contribution in [-0.4, -0.2) is 36.8 Å². The first kappa shape index (κ1) is 21.1. The molecule has 2 heterocycles. The third-order valence-electron chi connectivity index (χ3n) is 4.50. The lowest BCUT2D eigenvalue weighted by molar-refractivity contribution is 0.251. The van der Waals surface area contributed by atoms with Gasteiger partial charge in [-0.25, -0.2) is 8.42 Å². The van der Waals surface area contributed by atoms with Crippen molar-refractivity contribution in [3.05, 3.63) is 36.7 Å². The number of hydrogen-bond acceptors (Lipinski definition) is 4. The number of sulfonamides is 1. The molecule has 134 valence electrons. The van der Waals surface area contributed by atoms with Gasteiger partial charge in [-0.1, -0.05) is 12.1 Å². The molecule has 0 spiro atoms. The minimum absolute atomic E-state index is 0. The fraction of sp³-hybridized carbons (Fsp3) is 0.438. The number of fused-ring (bicyclic) bond motifs is 1. The molecule has 2 aromatic rings. The SMILES string of the molecule is C[C@H](N)C1CCN(S(=O)(=O)c2cccc3cnccc23)CC1.Cl.Cl. The van der Waals surface area contributed by atoms with Gasteiger partial charge in [0.1, 0.15) is 0 Å². The summed E-state index contributed by atoms with van der Waals surface area (Å²) in [5.41, 5.74) is 5.93. The van der Waals surface area contributed by atoms with E-state index in [2.05, 4.69) is 4.98 Å². The predicted molar refractivity (Wildman–Crippen MR) is 101 cm³/mol. The summed E-state index contributed by atoms with van der Waals surface area (Å²) in [7, 11) is -3.47. The van der Waals surface area contributed by atoms with E-state index in [-0.39, 0.29) is 30.9 Å². The van der Waals surface area contributed by atoms with Crippen LogP contribution in [0.15, 0.2) is 41.6 Å². The van der Waals surface area contributed by atoms with E-state index in [1.54, 1.807) is 34.9 Å². The molecule has 0 amide bonds. The van der Waals surface area contributed by atoms with Crippen LogP contribution >= 0.6 is 24.8 Å². The fourth-order valence-electron chi connectivity index (χ4n) is 3.10. The maximum absolute atomic E-state index is 13.0. The number of pyridine rings is 1. The van der Waals surface area contributed by atoms with E-state index in [1.165, 1.54) is 0 Å². The smallest absolute Gasteiger partial charge is 0.243 e. The van der Waals surface area contributed by atoms with Gasteiger partial charge >= 0.3 is 0 Å². The normalized spacial score (nSPS) is 17.8. The zero-order valence-corrected chi connectivity index (χ0v) is 15.9. The molecular weight excluding hydrogens is 369 g/mol. The number of rotatable bonds is 3. The van der Waals surface area contributed by atoms with Crippen LogP contribution in [0.5, 0.6) is 0 Å². The molecule has 1 saturated heterocycles. The minimum Gasteiger partial charge on any atom is -0.328 e. The van der Waals surface area contributed by atoms with Crippen LogP contribution in [0.4, 0.5) is 0 Å². The Morgan fingerprint density at radius 3 is 2.50 bits per heavy atom. The van der Waals surface area contributed by atoms with Crippen molar-refractivity contribution in [2.75, 3.05) is 13.1 Å². The molecule has 0 unspecified atom stereocenters. The summed E-state index contributed by atoms with van der Waals surface area (Å²) in [4.78, 5) is 4.42. The van der Waals surface area contributed by atoms with Crippen molar-refractivity contribution in [1.82, 2.24) is 9.29 Å². The van der Waals surface area contributed by atoms with Crippen molar-refractivity contribution in [1.29, 1.82) is 0 Å². The maximum Gasteiger partial charge on any atom is 0.243 e. The molecule has 1 aromatic carbocycles. The molecule has 0 radical (unpaired) electrons. The lowest BCUT2D eigenvalue weighted by atomic mass is 9.92. The lowest BCUT2D eigenvalue weighted by Crippen LogP contribution is -2.42. The highest BCUT2D eigenvalue weighted by molar-refractivity contribution is 7.89. The second-order valence-corrected chi connectivity index (χ2v) is 7.86. The first-order valence-electron chi connectivity index (χ1n) is 7.58. The van der Waals surface area contributed by atoms with Crippen molar-refractivity contribution in [2.24, 2.45) is 11.7 Å². The highest BCUT2D eigenvalue weighted by atomic mass is 35.5. The second kappa shape index (κ2) is 8.45. The number of nitrogens with two attached hydrogens (primary N) is 1. The van der Waals surface area contributed by atoms with E-state index < -0.39 is 10.0 Å². The van der Waals surface area contributed by atoms with E-state index in [0.29, 0.717) is 23.9 Å². The summed E-state index contributed by atoms with van der Waals surface area (Å²) in [6.45, 7) is 3.07. The van der Waals surface area contributed by atoms with Crippen LogP contribution < -0.4 is 5.73 Å². The monoisotopic (exact) mass is 391 g/mol. The summed E-state index contributed by atoms with van der Waals surface area (Å²) in [5, 5.41) is 1.57. The molecule has 0 saturated carbocycles. The number of piperidine rings is 1. The van der Waals surface area contributed by atoms with Gasteiger partial charge in [-0.15, -0.1) is 24.8 Å². The Morgan fingerprint density at radius 1 is 1.21 bits per heavy atom. The lowest BCUT2D eigenvalue weighted by Gasteiger charge is -2.33. The highest BCUT2D eigenvalue weighted by Crippen LogP contribution is 2.29. The van der Waals surface area contributed by atoms with Crippen LogP contribution in [0, 0.1) is 5.92 Å². The van der Waals surface area contributed by atoms with Crippen LogP contribution in [-0.2, 0) is 10.0 Å². The standard InChI is InChI=1S/C16H21N3O2S.2ClH/c1-12(17)13-6-9-19(10-7-13)22(20,21)16-4-2-3-14-11-18-8-5-15(14)16;;/h2-5,8,11-13H,6-7,9-10,17H2,1H3;2*1H/t12-;;/m0../s1. The quantitative estimate of drug-likeness (QED) is 0.872. The van der Waals surface area contributed by atoms with E-state index >= 15 is 0 Å². The Hall–Kier alpha value is -0.920. The summed E-state index contributed by atoms with van der Waals surface area (Å²) >= 11 is 0. The Bertz CT molecular complexity index is 770. The number of hydrogen-bond donors (Lipinski definition) is 1. The van der Waals surface area contributed by atoms with Crippen molar-refractivity contribution < 1.29 is 8.42 Å². The zero-order chi connectivity index (χ0) is 15.7. The molecule has 0 aliphatic carbocycles. The Labute approximate surface area is 155 Å². The molecule has 1 aliphatic heterocycles. The molecule has 8 heteroatoms. The topological polar surface area (TPSA) is 76.3 Å². The van der Waals surface area contributed by atoms with Gasteiger partial charge in [-0.05, 0) is 37.8 Å². The first-order chi connectivity index (χ1) is 10.5. The molecule has 1 aromatic heterocycles. The molecular formula is C16H23Cl2N3O2S. The van der Waals surface area contributed by atoms with Gasteiger partial charge in [0, 0.05) is 42.3 Å². The summed E-state index contributed by atoms with van der Waals surface area (Å²) in [5.74, 6) is 0.406. The van der Waals surface area contributed by atoms with E-state index in [1.807, 2.05) is 13.0 Å². The molecule has 5 nitrogen and oxygen atoms in total. The zero-order valence-electron chi connectivity index (χ0n) is 13.5. The Balaban J connectivity index is 0.00000144. The van der Waals surface area contributed by atoms with Gasteiger partial charge in [-0.2, -0.15) is 4.31 Å². The van der Waals surface area contributed by atoms with Crippen LogP contribution in [0.1, 0.15) is 19.8 Å². The molecule has 3 rings (SSSR count). The third kappa shape index (κ3) is 4.00. The molecule has 1 atom stereocenters. The molecule has 24 heavy (non-hydrogen) atoms. The molecule has 1 aliphatic rings. The average molecular weight is 392 g/mol. The fourth-order valence-corrected chi connectivity index (χ4v) is 4.78. The Kier molecular flexibility index (Phi) is 7.44. The number of nitrogens with zero attached hydrogens (tertiary/aromatic N) is 2. The van der Waals surface area contributed by atoms with E-state index in [9.17, 15) is 8.42 Å². The van der Waals surface area contributed by atoms with Crippen molar-refractivity contribution in [3.63, 3.8) is 0 Å². The van der Waals surface area contributed by atoms with Gasteiger partial charge in [0.25, 0.3) is 0 Å². The number of aromatic nitrogens is 1. The average Bonchev–Trinajstić information content (AvgIpc) is 2.54. The van der Waals surface area contributed by atoms with E-state index in [4.69, 9.17) is 5.73 Å². The van der Waals surface area contributed by atoms with Gasteiger partial charge in [0.05, 0.1) is 4.90 Å². The Morgan fingerprint density at radius 2 is 1.88 bits per heavy atom. The van der Waals surface area contributed by atoms with Crippen molar-refractivity contribution in [2.45, 2.75) is 30.7 Å². The van der Waals surface area contributed by atoms with Gasteiger partial charge in [0.2, 0.25) is 10.0 Å². The number of halogens is 2. The summed E-state index contributed by atoms with van der Waals surface area (Å²) in [6.07, 6.45) is 4.97. The van der Waals surface area contributed by atoms with Gasteiger partial charge in [-0.3, -0.25) is 4.98 Å². The first-order valence-corrected chi connectivity index (χ1v) is 9.02. The van der Waals surface area contributed by atoms with Crippen LogP contribution in [0.25, 0.3) is 10.8 Å². The summed E-state index contributed by atoms with van der Waals surface area (Å²) < 4.78 is 27.5. The largest absolute Gasteiger partial charge is 0.328 e. The summed E-state index contributed by atoms with van der Waals surface area (Å²) in [6, 6.07) is 7.20. The third-order valence-corrected chi connectivity index (χ3v) is 6.46. The minimum atomic E-state index is -3.47. The highest BCUT2D eigenvalue weighted by Gasteiger charge is 2.31. The predicted octanol–water partition coefficient (Wildman–Crippen LogP) is 2.83. The van der Waals surface area contributed by atoms with Crippen LogP contribution in [0.2, 0.25) is 0 Å². The second-order valence-electron chi connectivity index (χ2n) is 5.95. The van der Waals surface area contributed by atoms with E-state index in [0.717, 1.165) is 23.6 Å². The van der Waals surface area contributed by atoms with Crippen LogP contribution in [0.3, 0.4) is 0 Å². The molecule has 1 fully saturated rings. The van der Waals surface area contributed by atoms with Gasteiger partial charge < -0.3 is 5.73 Å². The molecule has 2 N–H and O–H groups in total. The number of benzene rings is 1. The molecule has 0 bridgehead atoms.